The zero-order valence-corrected chi connectivity index (χ0v) is 12.0. The molecule has 0 aromatic carbocycles. The molecule has 104 valence electrons. The third-order valence-corrected chi connectivity index (χ3v) is 4.27. The third-order valence-electron chi connectivity index (χ3n) is 3.20. The molecule has 6 heteroatoms. The largest absolute Gasteiger partial charge is 0.467 e. The lowest BCUT2D eigenvalue weighted by Gasteiger charge is -2.27. The first kappa shape index (κ1) is 15.3. The fourth-order valence-corrected chi connectivity index (χ4v) is 2.72. The van der Waals surface area contributed by atoms with Crippen LogP contribution in [0.5, 0.6) is 0 Å². The Hall–Kier alpha value is -0.750. The number of ether oxygens (including phenoxy) is 1. The number of rotatable bonds is 5. The monoisotopic (exact) mass is 274 g/mol. The van der Waals surface area contributed by atoms with Gasteiger partial charge in [-0.2, -0.15) is 11.8 Å². The Morgan fingerprint density at radius 2 is 2.28 bits per heavy atom. The van der Waals surface area contributed by atoms with Crippen molar-refractivity contribution in [2.24, 2.45) is 5.92 Å². The first-order valence-electron chi connectivity index (χ1n) is 6.29. The molecular formula is C12H22N2O3S. The predicted octanol–water partition coefficient (Wildman–Crippen LogP) is 0.395. The van der Waals surface area contributed by atoms with Gasteiger partial charge in [0.1, 0.15) is 6.04 Å². The van der Waals surface area contributed by atoms with Crippen LogP contribution in [0.25, 0.3) is 0 Å². The smallest absolute Gasteiger partial charge is 0.328 e. The second kappa shape index (κ2) is 7.63. The van der Waals surface area contributed by atoms with Crippen molar-refractivity contribution >= 4 is 23.6 Å². The van der Waals surface area contributed by atoms with Crippen LogP contribution in [0.2, 0.25) is 0 Å². The van der Waals surface area contributed by atoms with Crippen molar-refractivity contribution in [3.8, 4) is 0 Å². The van der Waals surface area contributed by atoms with Gasteiger partial charge in [0, 0.05) is 18.1 Å². The lowest BCUT2D eigenvalue weighted by molar-refractivity contribution is -0.146. The topological polar surface area (TPSA) is 67.4 Å². The van der Waals surface area contributed by atoms with Crippen LogP contribution >= 0.6 is 11.8 Å². The summed E-state index contributed by atoms with van der Waals surface area (Å²) in [5, 5.41) is 5.95. The Kier molecular flexibility index (Phi) is 6.49. The predicted molar refractivity (Wildman–Crippen MR) is 72.5 cm³/mol. The molecule has 3 unspecified atom stereocenters. The van der Waals surface area contributed by atoms with Crippen molar-refractivity contribution in [3.05, 3.63) is 0 Å². The van der Waals surface area contributed by atoms with Gasteiger partial charge in [0.2, 0.25) is 5.91 Å². The molecule has 0 saturated carbocycles. The Morgan fingerprint density at radius 3 is 2.78 bits per heavy atom. The molecule has 0 aliphatic carbocycles. The number of esters is 1. The molecule has 0 spiro atoms. The number of carbonyl (C=O) groups is 2. The zero-order chi connectivity index (χ0) is 13.5. The van der Waals surface area contributed by atoms with E-state index in [0.717, 1.165) is 24.5 Å². The number of amides is 1. The summed E-state index contributed by atoms with van der Waals surface area (Å²) in [6.07, 6.45) is 0.812. The van der Waals surface area contributed by atoms with Crippen LogP contribution < -0.4 is 10.6 Å². The van der Waals surface area contributed by atoms with Crippen LogP contribution in [0, 0.1) is 5.92 Å². The average Bonchev–Trinajstić information content (AvgIpc) is 2.43. The summed E-state index contributed by atoms with van der Waals surface area (Å²) in [7, 11) is 1.35. The highest BCUT2D eigenvalue weighted by molar-refractivity contribution is 7.99. The van der Waals surface area contributed by atoms with Gasteiger partial charge in [0.15, 0.2) is 0 Å². The van der Waals surface area contributed by atoms with Gasteiger partial charge in [0.25, 0.3) is 0 Å². The normalized spacial score (nSPS) is 22.9. The van der Waals surface area contributed by atoms with Crippen LogP contribution in [0.3, 0.4) is 0 Å². The minimum Gasteiger partial charge on any atom is -0.467 e. The lowest BCUT2D eigenvalue weighted by atomic mass is 9.99. The van der Waals surface area contributed by atoms with E-state index in [1.165, 1.54) is 7.11 Å². The van der Waals surface area contributed by atoms with Crippen LogP contribution in [0.1, 0.15) is 20.3 Å². The lowest BCUT2D eigenvalue weighted by Crippen LogP contribution is -2.54. The standard InChI is InChI=1S/C12H22N2O3S/c1-4-8(2)10(12(16)17-3)14-11(15)9-7-18-6-5-13-9/h8-10,13H,4-7H2,1-3H3,(H,14,15). The average molecular weight is 274 g/mol. The van der Waals surface area contributed by atoms with Crippen LogP contribution in [-0.2, 0) is 14.3 Å². The van der Waals surface area contributed by atoms with Crippen molar-refractivity contribution < 1.29 is 14.3 Å². The summed E-state index contributed by atoms with van der Waals surface area (Å²) < 4.78 is 4.74. The molecular weight excluding hydrogens is 252 g/mol. The Balaban J connectivity index is 2.58. The fourth-order valence-electron chi connectivity index (χ4n) is 1.78. The summed E-state index contributed by atoms with van der Waals surface area (Å²) in [6.45, 7) is 4.75. The van der Waals surface area contributed by atoms with E-state index < -0.39 is 6.04 Å². The molecule has 5 nitrogen and oxygen atoms in total. The van der Waals surface area contributed by atoms with E-state index in [1.54, 1.807) is 11.8 Å². The molecule has 18 heavy (non-hydrogen) atoms. The first-order chi connectivity index (χ1) is 8.60. The van der Waals surface area contributed by atoms with Gasteiger partial charge < -0.3 is 15.4 Å². The molecule has 1 fully saturated rings. The van der Waals surface area contributed by atoms with Gasteiger partial charge in [-0.05, 0) is 5.92 Å². The summed E-state index contributed by atoms with van der Waals surface area (Å²) in [4.78, 5) is 23.7. The number of carbonyl (C=O) groups excluding carboxylic acids is 2. The summed E-state index contributed by atoms with van der Waals surface area (Å²) in [5.41, 5.74) is 0. The summed E-state index contributed by atoms with van der Waals surface area (Å²) >= 11 is 1.75. The van der Waals surface area contributed by atoms with E-state index in [0.29, 0.717) is 0 Å². The fraction of sp³-hybridized carbons (Fsp3) is 0.833. The second-order valence-corrected chi connectivity index (χ2v) is 5.63. The van der Waals surface area contributed by atoms with Crippen molar-refractivity contribution in [3.63, 3.8) is 0 Å². The first-order valence-corrected chi connectivity index (χ1v) is 7.45. The van der Waals surface area contributed by atoms with E-state index in [-0.39, 0.29) is 23.8 Å². The van der Waals surface area contributed by atoms with Gasteiger partial charge in [-0.3, -0.25) is 4.79 Å². The van der Waals surface area contributed by atoms with Gasteiger partial charge >= 0.3 is 5.97 Å². The maximum absolute atomic E-state index is 12.1. The number of hydrogen-bond acceptors (Lipinski definition) is 5. The molecule has 1 heterocycles. The molecule has 1 rings (SSSR count). The molecule has 1 saturated heterocycles. The number of hydrogen-bond donors (Lipinski definition) is 2. The Bertz CT molecular complexity index is 293. The van der Waals surface area contributed by atoms with E-state index in [9.17, 15) is 9.59 Å². The summed E-state index contributed by atoms with van der Waals surface area (Å²) in [5.74, 6) is 1.35. The van der Waals surface area contributed by atoms with Gasteiger partial charge in [0.05, 0.1) is 13.2 Å². The van der Waals surface area contributed by atoms with Crippen molar-refractivity contribution in [2.75, 3.05) is 25.2 Å². The molecule has 0 radical (unpaired) electrons. The number of methoxy groups -OCH3 is 1. The van der Waals surface area contributed by atoms with Gasteiger partial charge in [-0.25, -0.2) is 4.79 Å². The second-order valence-electron chi connectivity index (χ2n) is 4.48. The van der Waals surface area contributed by atoms with E-state index in [2.05, 4.69) is 10.6 Å². The number of nitrogens with one attached hydrogen (secondary N) is 2. The van der Waals surface area contributed by atoms with Gasteiger partial charge in [-0.15, -0.1) is 0 Å². The van der Waals surface area contributed by atoms with Crippen LogP contribution in [0.4, 0.5) is 0 Å². The minimum absolute atomic E-state index is 0.0673. The molecule has 3 atom stereocenters. The van der Waals surface area contributed by atoms with Crippen molar-refractivity contribution in [1.82, 2.24) is 10.6 Å². The summed E-state index contributed by atoms with van der Waals surface area (Å²) in [6, 6.07) is -0.763. The van der Waals surface area contributed by atoms with E-state index in [1.807, 2.05) is 13.8 Å². The molecule has 1 amide bonds. The molecule has 0 bridgehead atoms. The maximum atomic E-state index is 12.1. The SMILES string of the molecule is CCC(C)C(NC(=O)C1CSCCN1)C(=O)OC. The highest BCUT2D eigenvalue weighted by Crippen LogP contribution is 2.12. The quantitative estimate of drug-likeness (QED) is 0.710. The van der Waals surface area contributed by atoms with Crippen molar-refractivity contribution in [1.29, 1.82) is 0 Å². The number of thioether (sulfide) groups is 1. The minimum atomic E-state index is -0.554. The molecule has 0 aromatic rings. The van der Waals surface area contributed by atoms with Crippen LogP contribution in [0.15, 0.2) is 0 Å². The van der Waals surface area contributed by atoms with Gasteiger partial charge in [-0.1, -0.05) is 20.3 Å². The Labute approximate surface area is 112 Å². The molecule has 2 N–H and O–H groups in total. The zero-order valence-electron chi connectivity index (χ0n) is 11.2. The molecule has 0 aromatic heterocycles. The third kappa shape index (κ3) is 4.17. The van der Waals surface area contributed by atoms with Crippen molar-refractivity contribution in [2.45, 2.75) is 32.4 Å². The maximum Gasteiger partial charge on any atom is 0.328 e. The highest BCUT2D eigenvalue weighted by Gasteiger charge is 2.30. The molecule has 1 aliphatic heterocycles. The highest BCUT2D eigenvalue weighted by atomic mass is 32.2. The molecule has 1 aliphatic rings. The van der Waals surface area contributed by atoms with E-state index in [4.69, 9.17) is 4.74 Å². The van der Waals surface area contributed by atoms with E-state index >= 15 is 0 Å². The Morgan fingerprint density at radius 1 is 1.56 bits per heavy atom. The van der Waals surface area contributed by atoms with Crippen LogP contribution in [-0.4, -0.2) is 49.1 Å².